The third kappa shape index (κ3) is 3.51. The molecule has 0 saturated carbocycles. The largest absolute Gasteiger partial charge is 0.493 e. The minimum atomic E-state index is -0.413. The van der Waals surface area contributed by atoms with Gasteiger partial charge in [-0.25, -0.2) is 4.79 Å². The van der Waals surface area contributed by atoms with Gasteiger partial charge < -0.3 is 19.9 Å². The third-order valence-corrected chi connectivity index (χ3v) is 4.02. The van der Waals surface area contributed by atoms with Crippen LogP contribution in [0.5, 0.6) is 11.5 Å². The molecule has 0 fully saturated rings. The van der Waals surface area contributed by atoms with Gasteiger partial charge in [0.25, 0.3) is 0 Å². The zero-order valence-corrected chi connectivity index (χ0v) is 13.7. The van der Waals surface area contributed by atoms with Gasteiger partial charge in [-0.2, -0.15) is 0 Å². The fourth-order valence-corrected chi connectivity index (χ4v) is 2.87. The topological polar surface area (TPSA) is 70.8 Å². The number of rotatable bonds is 6. The number of methoxy groups -OCH3 is 1. The van der Waals surface area contributed by atoms with Gasteiger partial charge in [0, 0.05) is 18.0 Å². The molecule has 5 heteroatoms. The van der Waals surface area contributed by atoms with E-state index in [1.54, 1.807) is 6.07 Å². The van der Waals surface area contributed by atoms with Crippen molar-refractivity contribution in [1.29, 1.82) is 0 Å². The van der Waals surface area contributed by atoms with Crippen LogP contribution in [0.15, 0.2) is 42.5 Å². The SMILES string of the molecule is COC(=O)c1c(OC[C@H](N)Cc2ccccc2)ccc2c1CCO2. The van der Waals surface area contributed by atoms with Crippen molar-refractivity contribution in [3.63, 3.8) is 0 Å². The van der Waals surface area contributed by atoms with Crippen LogP contribution in [-0.4, -0.2) is 32.3 Å². The summed E-state index contributed by atoms with van der Waals surface area (Å²) in [5.74, 6) is 0.801. The predicted octanol–water partition coefficient (Wildman–Crippen LogP) is 2.36. The Hall–Kier alpha value is -2.53. The van der Waals surface area contributed by atoms with Gasteiger partial charge in [0.05, 0.1) is 13.7 Å². The standard InChI is InChI=1S/C19H21NO4/c1-22-19(21)18-15-9-10-23-16(15)7-8-17(18)24-12-14(20)11-13-5-3-2-4-6-13/h2-8,14H,9-12,20H2,1H3/t14-/m1/s1. The van der Waals surface area contributed by atoms with E-state index < -0.39 is 5.97 Å². The molecule has 1 aliphatic rings. The van der Waals surface area contributed by atoms with Crippen LogP contribution in [0.4, 0.5) is 0 Å². The highest BCUT2D eigenvalue weighted by molar-refractivity contribution is 5.95. The summed E-state index contributed by atoms with van der Waals surface area (Å²) in [5, 5.41) is 0. The van der Waals surface area contributed by atoms with E-state index in [0.717, 1.165) is 16.9 Å². The quantitative estimate of drug-likeness (QED) is 0.825. The van der Waals surface area contributed by atoms with Crippen LogP contribution in [0.1, 0.15) is 21.5 Å². The number of hydrogen-bond donors (Lipinski definition) is 1. The van der Waals surface area contributed by atoms with E-state index in [1.165, 1.54) is 7.11 Å². The van der Waals surface area contributed by atoms with Crippen LogP contribution in [0.3, 0.4) is 0 Å². The normalized spacial score (nSPS) is 13.8. The van der Waals surface area contributed by atoms with Gasteiger partial charge in [-0.05, 0) is 24.1 Å². The number of nitrogens with two attached hydrogens (primary N) is 1. The molecule has 0 unspecified atom stereocenters. The molecule has 0 aliphatic carbocycles. The molecule has 0 spiro atoms. The van der Waals surface area contributed by atoms with E-state index in [0.29, 0.717) is 37.4 Å². The minimum Gasteiger partial charge on any atom is -0.493 e. The van der Waals surface area contributed by atoms with Crippen LogP contribution < -0.4 is 15.2 Å². The van der Waals surface area contributed by atoms with Crippen molar-refractivity contribution < 1.29 is 19.0 Å². The molecule has 2 N–H and O–H groups in total. The second-order valence-corrected chi connectivity index (χ2v) is 5.77. The van der Waals surface area contributed by atoms with Gasteiger partial charge in [-0.15, -0.1) is 0 Å². The molecule has 0 amide bonds. The van der Waals surface area contributed by atoms with Gasteiger partial charge in [-0.1, -0.05) is 30.3 Å². The van der Waals surface area contributed by atoms with Crippen molar-refractivity contribution in [1.82, 2.24) is 0 Å². The Bertz CT molecular complexity index is 715. The van der Waals surface area contributed by atoms with Crippen molar-refractivity contribution in [3.05, 3.63) is 59.2 Å². The van der Waals surface area contributed by atoms with Crippen molar-refractivity contribution in [2.24, 2.45) is 5.73 Å². The van der Waals surface area contributed by atoms with E-state index in [2.05, 4.69) is 0 Å². The molecule has 2 aromatic carbocycles. The third-order valence-electron chi connectivity index (χ3n) is 4.02. The maximum absolute atomic E-state index is 12.1. The number of fused-ring (bicyclic) bond motifs is 1. The van der Waals surface area contributed by atoms with Crippen molar-refractivity contribution >= 4 is 5.97 Å². The summed E-state index contributed by atoms with van der Waals surface area (Å²) in [6.07, 6.45) is 1.38. The lowest BCUT2D eigenvalue weighted by Crippen LogP contribution is -2.30. The molecule has 1 heterocycles. The van der Waals surface area contributed by atoms with Gasteiger partial charge in [0.1, 0.15) is 23.7 Å². The first-order valence-corrected chi connectivity index (χ1v) is 7.98. The molecule has 0 aromatic heterocycles. The molecular formula is C19H21NO4. The second-order valence-electron chi connectivity index (χ2n) is 5.77. The van der Waals surface area contributed by atoms with Gasteiger partial charge in [-0.3, -0.25) is 0 Å². The van der Waals surface area contributed by atoms with Crippen LogP contribution in [0, 0.1) is 0 Å². The molecule has 1 atom stereocenters. The summed E-state index contributed by atoms with van der Waals surface area (Å²) >= 11 is 0. The summed E-state index contributed by atoms with van der Waals surface area (Å²) in [4.78, 5) is 12.1. The first kappa shape index (κ1) is 16.3. The summed E-state index contributed by atoms with van der Waals surface area (Å²) < 4.78 is 16.2. The van der Waals surface area contributed by atoms with E-state index in [-0.39, 0.29) is 6.04 Å². The number of carbonyl (C=O) groups excluding carboxylic acids is 1. The Balaban J connectivity index is 1.72. The fourth-order valence-electron chi connectivity index (χ4n) is 2.87. The average molecular weight is 327 g/mol. The van der Waals surface area contributed by atoms with Gasteiger partial charge in [0.2, 0.25) is 0 Å². The molecule has 0 radical (unpaired) electrons. The zero-order valence-electron chi connectivity index (χ0n) is 13.7. The van der Waals surface area contributed by atoms with E-state index in [9.17, 15) is 4.79 Å². The second kappa shape index (κ2) is 7.36. The number of ether oxygens (including phenoxy) is 3. The van der Waals surface area contributed by atoms with Crippen LogP contribution in [0.2, 0.25) is 0 Å². The number of esters is 1. The first-order valence-electron chi connectivity index (χ1n) is 7.98. The molecule has 2 aromatic rings. The summed E-state index contributed by atoms with van der Waals surface area (Å²) in [7, 11) is 1.36. The highest BCUT2D eigenvalue weighted by Gasteiger charge is 2.25. The zero-order chi connectivity index (χ0) is 16.9. The Morgan fingerprint density at radius 2 is 2.04 bits per heavy atom. The van der Waals surface area contributed by atoms with Gasteiger partial charge >= 0.3 is 5.97 Å². The summed E-state index contributed by atoms with van der Waals surface area (Å²) in [6, 6.07) is 13.4. The van der Waals surface area contributed by atoms with Gasteiger partial charge in [0.15, 0.2) is 0 Å². The molecule has 3 rings (SSSR count). The van der Waals surface area contributed by atoms with Crippen molar-refractivity contribution in [2.45, 2.75) is 18.9 Å². The Kier molecular flexibility index (Phi) is 5.01. The Labute approximate surface area is 141 Å². The van der Waals surface area contributed by atoms with Crippen molar-refractivity contribution in [3.8, 4) is 11.5 Å². The highest BCUT2D eigenvalue weighted by Crippen LogP contribution is 2.35. The molecule has 24 heavy (non-hydrogen) atoms. The van der Waals surface area contributed by atoms with Crippen LogP contribution >= 0.6 is 0 Å². The summed E-state index contributed by atoms with van der Waals surface area (Å²) in [5.41, 5.74) is 8.60. The molecule has 1 aliphatic heterocycles. The van der Waals surface area contributed by atoms with E-state index >= 15 is 0 Å². The Morgan fingerprint density at radius 1 is 1.25 bits per heavy atom. The number of hydrogen-bond acceptors (Lipinski definition) is 5. The van der Waals surface area contributed by atoms with E-state index in [4.69, 9.17) is 19.9 Å². The Morgan fingerprint density at radius 3 is 2.79 bits per heavy atom. The fraction of sp³-hybridized carbons (Fsp3) is 0.316. The van der Waals surface area contributed by atoms with Crippen LogP contribution in [0.25, 0.3) is 0 Å². The molecule has 5 nitrogen and oxygen atoms in total. The lowest BCUT2D eigenvalue weighted by Gasteiger charge is -2.16. The molecule has 0 saturated heterocycles. The number of benzene rings is 2. The average Bonchev–Trinajstić information content (AvgIpc) is 3.08. The molecular weight excluding hydrogens is 306 g/mol. The maximum atomic E-state index is 12.1. The van der Waals surface area contributed by atoms with Crippen LogP contribution in [-0.2, 0) is 17.6 Å². The lowest BCUT2D eigenvalue weighted by molar-refractivity contribution is 0.0594. The smallest absolute Gasteiger partial charge is 0.342 e. The minimum absolute atomic E-state index is 0.164. The molecule has 0 bridgehead atoms. The highest BCUT2D eigenvalue weighted by atomic mass is 16.5. The predicted molar refractivity (Wildman–Crippen MR) is 90.6 cm³/mol. The molecule has 126 valence electrons. The van der Waals surface area contributed by atoms with Crippen molar-refractivity contribution in [2.75, 3.05) is 20.3 Å². The van der Waals surface area contributed by atoms with E-state index in [1.807, 2.05) is 36.4 Å². The number of carbonyl (C=O) groups is 1. The summed E-state index contributed by atoms with van der Waals surface area (Å²) in [6.45, 7) is 0.884. The lowest BCUT2D eigenvalue weighted by atomic mass is 10.0. The monoisotopic (exact) mass is 327 g/mol. The maximum Gasteiger partial charge on any atom is 0.342 e. The first-order chi connectivity index (χ1) is 11.7.